The van der Waals surface area contributed by atoms with E-state index in [1.54, 1.807) is 18.2 Å². The van der Waals surface area contributed by atoms with E-state index in [0.717, 1.165) is 11.1 Å². The molecule has 178 valence electrons. The molecule has 6 heteroatoms. The molecule has 1 aromatic heterocycles. The van der Waals surface area contributed by atoms with E-state index >= 15 is 0 Å². The van der Waals surface area contributed by atoms with Gasteiger partial charge in [0.1, 0.15) is 28.2 Å². The summed E-state index contributed by atoms with van der Waals surface area (Å²) in [5.41, 5.74) is 2.22. The second kappa shape index (κ2) is 8.50. The summed E-state index contributed by atoms with van der Waals surface area (Å²) < 4.78 is 24.5. The molecule has 4 aromatic carbocycles. The Morgan fingerprint density at radius 1 is 0.806 bits per heavy atom. The van der Waals surface area contributed by atoms with E-state index in [9.17, 15) is 9.90 Å². The molecule has 0 bridgehead atoms. The standard InChI is InChI=1S/C30H22O6/c1-2-33-22-16-23(31)29-24(32)18-26(34-28(29)17-22)19-13-14-25-27(15-19)36-30(35-25,20-9-5-3-6-10-20)21-11-7-4-8-12-21/h3-18,31H,2H2,1H3. The van der Waals surface area contributed by atoms with Gasteiger partial charge in [-0.3, -0.25) is 4.79 Å². The molecular formula is C30H22O6. The minimum absolute atomic E-state index is 0.107. The lowest BCUT2D eigenvalue weighted by atomic mass is 9.97. The third kappa shape index (κ3) is 3.55. The molecule has 0 radical (unpaired) electrons. The zero-order chi connectivity index (χ0) is 24.7. The number of rotatable bonds is 5. The predicted octanol–water partition coefficient (Wildman–Crippen LogP) is 6.24. The van der Waals surface area contributed by atoms with Crippen LogP contribution in [0.1, 0.15) is 18.1 Å². The molecule has 5 aromatic rings. The van der Waals surface area contributed by atoms with Gasteiger partial charge in [0.05, 0.1) is 6.61 Å². The molecule has 0 spiro atoms. The topological polar surface area (TPSA) is 78.1 Å². The molecular weight excluding hydrogens is 456 g/mol. The quantitative estimate of drug-likeness (QED) is 0.322. The fraction of sp³-hybridized carbons (Fsp3) is 0.100. The van der Waals surface area contributed by atoms with Crippen molar-refractivity contribution in [1.82, 2.24) is 0 Å². The van der Waals surface area contributed by atoms with Gasteiger partial charge in [-0.2, -0.15) is 0 Å². The molecule has 0 fully saturated rings. The highest BCUT2D eigenvalue weighted by atomic mass is 16.7. The highest BCUT2D eigenvalue weighted by molar-refractivity contribution is 5.86. The van der Waals surface area contributed by atoms with Gasteiger partial charge in [0, 0.05) is 34.9 Å². The van der Waals surface area contributed by atoms with Crippen LogP contribution < -0.4 is 19.6 Å². The van der Waals surface area contributed by atoms with Crippen LogP contribution in [0.25, 0.3) is 22.3 Å². The van der Waals surface area contributed by atoms with Crippen molar-refractivity contribution in [1.29, 1.82) is 0 Å². The first-order valence-corrected chi connectivity index (χ1v) is 11.6. The monoisotopic (exact) mass is 478 g/mol. The molecule has 0 saturated carbocycles. The number of phenols is 1. The molecule has 6 nitrogen and oxygen atoms in total. The van der Waals surface area contributed by atoms with Crippen LogP contribution in [-0.2, 0) is 5.79 Å². The van der Waals surface area contributed by atoms with Gasteiger partial charge in [0.2, 0.25) is 0 Å². The molecule has 36 heavy (non-hydrogen) atoms. The number of hydrogen-bond acceptors (Lipinski definition) is 6. The zero-order valence-electron chi connectivity index (χ0n) is 19.4. The van der Waals surface area contributed by atoms with E-state index in [1.807, 2.05) is 73.7 Å². The SMILES string of the molecule is CCOc1cc(O)c2c(=O)cc(-c3ccc4c(c3)OC(c3ccccc3)(c3ccccc3)O4)oc2c1. The summed E-state index contributed by atoms with van der Waals surface area (Å²) in [4.78, 5) is 12.9. The third-order valence-corrected chi connectivity index (χ3v) is 6.14. The molecule has 2 heterocycles. The van der Waals surface area contributed by atoms with Gasteiger partial charge in [-0.05, 0) is 25.1 Å². The van der Waals surface area contributed by atoms with Gasteiger partial charge >= 0.3 is 5.79 Å². The van der Waals surface area contributed by atoms with E-state index in [0.29, 0.717) is 35.2 Å². The number of ether oxygens (including phenoxy) is 3. The molecule has 1 N–H and O–H groups in total. The Balaban J connectivity index is 1.45. The molecule has 0 unspecified atom stereocenters. The van der Waals surface area contributed by atoms with E-state index in [2.05, 4.69) is 0 Å². The Morgan fingerprint density at radius 3 is 2.14 bits per heavy atom. The van der Waals surface area contributed by atoms with Crippen molar-refractivity contribution in [2.45, 2.75) is 12.7 Å². The number of aromatic hydroxyl groups is 1. The molecule has 1 aliphatic heterocycles. The first-order chi connectivity index (χ1) is 17.6. The Hall–Kier alpha value is -4.71. The van der Waals surface area contributed by atoms with Crippen LogP contribution in [0.5, 0.6) is 23.0 Å². The van der Waals surface area contributed by atoms with Gasteiger partial charge in [0.15, 0.2) is 16.9 Å². The predicted molar refractivity (Wildman–Crippen MR) is 136 cm³/mol. The van der Waals surface area contributed by atoms with Gasteiger partial charge < -0.3 is 23.7 Å². The summed E-state index contributed by atoms with van der Waals surface area (Å²) in [6, 6.07) is 29.3. The van der Waals surface area contributed by atoms with Crippen molar-refractivity contribution in [2.24, 2.45) is 0 Å². The highest BCUT2D eigenvalue weighted by Gasteiger charge is 2.45. The van der Waals surface area contributed by atoms with Crippen molar-refractivity contribution in [3.8, 4) is 34.3 Å². The molecule has 0 saturated heterocycles. The van der Waals surface area contributed by atoms with Gasteiger partial charge in [0.25, 0.3) is 0 Å². The molecule has 6 rings (SSSR count). The summed E-state index contributed by atoms with van der Waals surface area (Å²) >= 11 is 0. The minimum Gasteiger partial charge on any atom is -0.507 e. The molecule has 0 amide bonds. The van der Waals surface area contributed by atoms with E-state index in [1.165, 1.54) is 12.1 Å². The average molecular weight is 479 g/mol. The van der Waals surface area contributed by atoms with E-state index in [-0.39, 0.29) is 22.1 Å². The summed E-state index contributed by atoms with van der Waals surface area (Å²) in [5.74, 6) is 0.524. The number of benzene rings is 4. The van der Waals surface area contributed by atoms with Crippen LogP contribution in [-0.4, -0.2) is 11.7 Å². The molecule has 0 atom stereocenters. The fourth-order valence-electron chi connectivity index (χ4n) is 4.51. The molecule has 1 aliphatic rings. The first kappa shape index (κ1) is 21.8. The lowest BCUT2D eigenvalue weighted by Crippen LogP contribution is -2.36. The smallest absolute Gasteiger partial charge is 0.305 e. The van der Waals surface area contributed by atoms with Crippen molar-refractivity contribution in [2.75, 3.05) is 6.61 Å². The maximum absolute atomic E-state index is 12.9. The molecule has 0 aliphatic carbocycles. The van der Waals surface area contributed by atoms with Crippen LogP contribution in [0.4, 0.5) is 0 Å². The summed E-state index contributed by atoms with van der Waals surface area (Å²) in [6.07, 6.45) is 0. The van der Waals surface area contributed by atoms with Crippen molar-refractivity contribution >= 4 is 11.0 Å². The largest absolute Gasteiger partial charge is 0.507 e. The third-order valence-electron chi connectivity index (χ3n) is 6.14. The summed E-state index contributed by atoms with van der Waals surface area (Å²) in [7, 11) is 0. The van der Waals surface area contributed by atoms with Crippen LogP contribution in [0.3, 0.4) is 0 Å². The highest BCUT2D eigenvalue weighted by Crippen LogP contribution is 2.49. The van der Waals surface area contributed by atoms with E-state index < -0.39 is 5.79 Å². The number of fused-ring (bicyclic) bond motifs is 2. The van der Waals surface area contributed by atoms with Crippen LogP contribution in [0, 0.1) is 0 Å². The fourth-order valence-corrected chi connectivity index (χ4v) is 4.51. The first-order valence-electron chi connectivity index (χ1n) is 11.6. The Morgan fingerprint density at radius 2 is 1.47 bits per heavy atom. The second-order valence-electron chi connectivity index (χ2n) is 8.44. The van der Waals surface area contributed by atoms with Crippen LogP contribution in [0.2, 0.25) is 0 Å². The normalized spacial score (nSPS) is 13.6. The zero-order valence-corrected chi connectivity index (χ0v) is 19.4. The van der Waals surface area contributed by atoms with Crippen molar-refractivity contribution in [3.63, 3.8) is 0 Å². The summed E-state index contributed by atoms with van der Waals surface area (Å²) in [6.45, 7) is 2.26. The second-order valence-corrected chi connectivity index (χ2v) is 8.44. The Labute approximate surface area is 206 Å². The van der Waals surface area contributed by atoms with Crippen LogP contribution in [0.15, 0.2) is 106 Å². The number of hydrogen-bond donors (Lipinski definition) is 1. The maximum atomic E-state index is 12.9. The van der Waals surface area contributed by atoms with Gasteiger partial charge in [-0.25, -0.2) is 0 Å². The van der Waals surface area contributed by atoms with Crippen molar-refractivity contribution in [3.05, 3.63) is 118 Å². The average Bonchev–Trinajstić information content (AvgIpc) is 3.30. The van der Waals surface area contributed by atoms with E-state index in [4.69, 9.17) is 18.6 Å². The van der Waals surface area contributed by atoms with Crippen molar-refractivity contribution < 1.29 is 23.7 Å². The summed E-state index contributed by atoms with van der Waals surface area (Å²) in [5, 5.41) is 10.5. The minimum atomic E-state index is -1.15. The lowest BCUT2D eigenvalue weighted by molar-refractivity contribution is -0.0459. The van der Waals surface area contributed by atoms with Gasteiger partial charge in [-0.15, -0.1) is 0 Å². The lowest BCUT2D eigenvalue weighted by Gasteiger charge is -2.28. The Bertz CT molecular complexity index is 1580. The Kier molecular flexibility index (Phi) is 5.15. The maximum Gasteiger partial charge on any atom is 0.305 e. The van der Waals surface area contributed by atoms with Gasteiger partial charge in [-0.1, -0.05) is 60.7 Å². The van der Waals surface area contributed by atoms with Crippen LogP contribution >= 0.6 is 0 Å². The number of phenolic OH excluding ortho intramolecular Hbond substituents is 1.